The zero-order valence-corrected chi connectivity index (χ0v) is 10.7. The topological polar surface area (TPSA) is 29.5 Å². The Morgan fingerprint density at radius 1 is 1.18 bits per heavy atom. The molecule has 2 saturated heterocycles. The number of piperidine rings is 2. The van der Waals surface area contributed by atoms with E-state index in [1.165, 1.54) is 32.1 Å². The van der Waals surface area contributed by atoms with Gasteiger partial charge < -0.3 is 4.74 Å². The van der Waals surface area contributed by atoms with E-state index in [1.807, 2.05) is 0 Å². The second-order valence-corrected chi connectivity index (χ2v) is 5.84. The van der Waals surface area contributed by atoms with Crippen molar-refractivity contribution < 1.29 is 9.53 Å². The number of nitrogens with zero attached hydrogens (tertiary/aromatic N) is 1. The lowest BCUT2D eigenvalue weighted by atomic mass is 9.77. The molecule has 2 atom stereocenters. The van der Waals surface area contributed by atoms with Gasteiger partial charge in [0.1, 0.15) is 5.78 Å². The molecule has 3 rings (SSSR count). The van der Waals surface area contributed by atoms with Crippen LogP contribution in [-0.4, -0.2) is 41.5 Å². The van der Waals surface area contributed by atoms with E-state index in [1.54, 1.807) is 0 Å². The Bertz CT molecular complexity index is 283. The second kappa shape index (κ2) is 4.69. The number of fused-ring (bicyclic) bond motifs is 2. The van der Waals surface area contributed by atoms with Crippen molar-refractivity contribution in [2.24, 2.45) is 0 Å². The predicted molar refractivity (Wildman–Crippen MR) is 65.9 cm³/mol. The number of rotatable bonds is 3. The molecule has 2 aliphatic heterocycles. The molecule has 0 N–H and O–H groups in total. The van der Waals surface area contributed by atoms with E-state index in [0.717, 1.165) is 19.4 Å². The van der Waals surface area contributed by atoms with E-state index in [9.17, 15) is 4.79 Å². The fourth-order valence-electron chi connectivity index (χ4n) is 3.96. The van der Waals surface area contributed by atoms with E-state index >= 15 is 0 Å². The largest absolute Gasteiger partial charge is 0.378 e. The number of ether oxygens (including phenoxy) is 1. The molecule has 3 aliphatic rings. The average Bonchev–Trinajstić information content (AvgIpc) is 2.22. The van der Waals surface area contributed by atoms with Crippen molar-refractivity contribution in [1.29, 1.82) is 0 Å². The normalized spacial score (nSPS) is 42.3. The maximum absolute atomic E-state index is 11.7. The summed E-state index contributed by atoms with van der Waals surface area (Å²) in [6.07, 6.45) is 8.28. The molecular formula is C14H23NO2. The molecule has 96 valence electrons. The molecule has 1 saturated carbocycles. The van der Waals surface area contributed by atoms with Crippen LogP contribution in [0, 0.1) is 0 Å². The fraction of sp³-hybridized carbons (Fsp3) is 0.929. The monoisotopic (exact) mass is 237 g/mol. The molecule has 0 amide bonds. The number of Topliss-reactive ketones (excluding diaryl/α,β-unsaturated/α-hetero) is 1. The van der Waals surface area contributed by atoms with Gasteiger partial charge in [-0.2, -0.15) is 0 Å². The molecule has 0 aromatic heterocycles. The lowest BCUT2D eigenvalue weighted by molar-refractivity contribution is -0.135. The van der Waals surface area contributed by atoms with E-state index < -0.39 is 0 Å². The summed E-state index contributed by atoms with van der Waals surface area (Å²) < 4.78 is 5.65. The van der Waals surface area contributed by atoms with Gasteiger partial charge in [-0.05, 0) is 32.6 Å². The lowest BCUT2D eigenvalue weighted by Gasteiger charge is -2.53. The number of ketones is 1. The van der Waals surface area contributed by atoms with E-state index in [0.29, 0.717) is 30.0 Å². The highest BCUT2D eigenvalue weighted by Gasteiger charge is 2.45. The van der Waals surface area contributed by atoms with E-state index in [2.05, 4.69) is 11.8 Å². The highest BCUT2D eigenvalue weighted by Crippen LogP contribution is 2.40. The zero-order valence-electron chi connectivity index (χ0n) is 10.7. The molecular weight excluding hydrogens is 214 g/mol. The van der Waals surface area contributed by atoms with Gasteiger partial charge in [0.25, 0.3) is 0 Å². The van der Waals surface area contributed by atoms with Gasteiger partial charge in [0, 0.05) is 37.6 Å². The average molecular weight is 237 g/mol. The molecule has 1 aliphatic carbocycles. The van der Waals surface area contributed by atoms with Crippen LogP contribution in [0.3, 0.4) is 0 Å². The minimum absolute atomic E-state index is 0.489. The SMILES string of the molecule is CCOC1CC(N2C3CCCC2CC(=O)C3)C1. The summed E-state index contributed by atoms with van der Waals surface area (Å²) in [5.41, 5.74) is 0. The van der Waals surface area contributed by atoms with Crippen LogP contribution in [0.2, 0.25) is 0 Å². The molecule has 0 radical (unpaired) electrons. The molecule has 2 bridgehead atoms. The first kappa shape index (κ1) is 11.7. The van der Waals surface area contributed by atoms with Crippen LogP contribution in [0.5, 0.6) is 0 Å². The molecule has 0 aromatic carbocycles. The van der Waals surface area contributed by atoms with Crippen molar-refractivity contribution >= 4 is 5.78 Å². The van der Waals surface area contributed by atoms with Gasteiger partial charge in [0.15, 0.2) is 0 Å². The van der Waals surface area contributed by atoms with Crippen molar-refractivity contribution in [2.75, 3.05) is 6.61 Å². The Morgan fingerprint density at radius 2 is 1.82 bits per heavy atom. The van der Waals surface area contributed by atoms with Crippen LogP contribution in [-0.2, 0) is 9.53 Å². The zero-order chi connectivity index (χ0) is 11.8. The maximum atomic E-state index is 11.7. The Morgan fingerprint density at radius 3 is 2.41 bits per heavy atom. The minimum Gasteiger partial charge on any atom is -0.378 e. The van der Waals surface area contributed by atoms with Gasteiger partial charge in [-0.15, -0.1) is 0 Å². The molecule has 0 spiro atoms. The Balaban J connectivity index is 1.62. The van der Waals surface area contributed by atoms with E-state index in [-0.39, 0.29) is 0 Å². The maximum Gasteiger partial charge on any atom is 0.136 e. The highest BCUT2D eigenvalue weighted by atomic mass is 16.5. The predicted octanol–water partition coefficient (Wildman–Crippen LogP) is 2.14. The van der Waals surface area contributed by atoms with Crippen LogP contribution in [0.4, 0.5) is 0 Å². The summed E-state index contributed by atoms with van der Waals surface area (Å²) in [5.74, 6) is 0.497. The van der Waals surface area contributed by atoms with Crippen molar-refractivity contribution in [2.45, 2.75) is 76.1 Å². The summed E-state index contributed by atoms with van der Waals surface area (Å²) in [4.78, 5) is 14.3. The Kier molecular flexibility index (Phi) is 3.22. The first-order valence-electron chi connectivity index (χ1n) is 7.18. The standard InChI is InChI=1S/C14H23NO2/c1-2-17-14-8-12(9-14)15-10-4-3-5-11(15)7-13(16)6-10/h10-12,14H,2-9H2,1H3. The number of hydrogen-bond donors (Lipinski definition) is 0. The first-order chi connectivity index (χ1) is 8.28. The third-order valence-electron chi connectivity index (χ3n) is 4.74. The molecule has 2 heterocycles. The number of carbonyl (C=O) groups excluding carboxylic acids is 1. The third-order valence-corrected chi connectivity index (χ3v) is 4.74. The van der Waals surface area contributed by atoms with E-state index in [4.69, 9.17) is 4.74 Å². The Hall–Kier alpha value is -0.410. The molecule has 0 aromatic rings. The second-order valence-electron chi connectivity index (χ2n) is 5.84. The van der Waals surface area contributed by atoms with Gasteiger partial charge in [-0.3, -0.25) is 9.69 Å². The van der Waals surface area contributed by atoms with Crippen molar-refractivity contribution in [3.63, 3.8) is 0 Å². The molecule has 2 unspecified atom stereocenters. The smallest absolute Gasteiger partial charge is 0.136 e. The molecule has 3 fully saturated rings. The van der Waals surface area contributed by atoms with Gasteiger partial charge in [-0.1, -0.05) is 6.42 Å². The quantitative estimate of drug-likeness (QED) is 0.753. The van der Waals surface area contributed by atoms with Gasteiger partial charge in [-0.25, -0.2) is 0 Å². The number of hydrogen-bond acceptors (Lipinski definition) is 3. The molecule has 3 nitrogen and oxygen atoms in total. The van der Waals surface area contributed by atoms with Gasteiger partial charge >= 0.3 is 0 Å². The fourth-order valence-corrected chi connectivity index (χ4v) is 3.96. The third kappa shape index (κ3) is 2.15. The summed E-state index contributed by atoms with van der Waals surface area (Å²) in [7, 11) is 0. The van der Waals surface area contributed by atoms with Crippen molar-refractivity contribution in [1.82, 2.24) is 4.90 Å². The van der Waals surface area contributed by atoms with Crippen LogP contribution >= 0.6 is 0 Å². The molecule has 17 heavy (non-hydrogen) atoms. The van der Waals surface area contributed by atoms with Crippen molar-refractivity contribution in [3.8, 4) is 0 Å². The Labute approximate surface area is 104 Å². The molecule has 3 heteroatoms. The van der Waals surface area contributed by atoms with Crippen LogP contribution in [0.15, 0.2) is 0 Å². The summed E-state index contributed by atoms with van der Waals surface area (Å²) in [5, 5.41) is 0. The summed E-state index contributed by atoms with van der Waals surface area (Å²) >= 11 is 0. The van der Waals surface area contributed by atoms with Crippen LogP contribution in [0.25, 0.3) is 0 Å². The van der Waals surface area contributed by atoms with Crippen LogP contribution < -0.4 is 0 Å². The number of carbonyl (C=O) groups is 1. The summed E-state index contributed by atoms with van der Waals surface area (Å²) in [6.45, 7) is 2.91. The summed E-state index contributed by atoms with van der Waals surface area (Å²) in [6, 6.07) is 1.82. The van der Waals surface area contributed by atoms with Gasteiger partial charge in [0.2, 0.25) is 0 Å². The first-order valence-corrected chi connectivity index (χ1v) is 7.18. The van der Waals surface area contributed by atoms with Crippen molar-refractivity contribution in [3.05, 3.63) is 0 Å². The highest BCUT2D eigenvalue weighted by molar-refractivity contribution is 5.80. The van der Waals surface area contributed by atoms with Gasteiger partial charge in [0.05, 0.1) is 6.10 Å². The lowest BCUT2D eigenvalue weighted by Crippen LogP contribution is -2.61. The minimum atomic E-state index is 0.489. The van der Waals surface area contributed by atoms with Crippen LogP contribution in [0.1, 0.15) is 51.9 Å².